The molecule has 0 saturated carbocycles. The number of benzene rings is 1. The van der Waals surface area contributed by atoms with Crippen molar-refractivity contribution in [3.8, 4) is 6.07 Å². The molecule has 0 saturated heterocycles. The summed E-state index contributed by atoms with van der Waals surface area (Å²) < 4.78 is 0. The van der Waals surface area contributed by atoms with Gasteiger partial charge in [0.15, 0.2) is 11.6 Å². The molecule has 0 heterocycles. The lowest BCUT2D eigenvalue weighted by molar-refractivity contribution is -0.121. The van der Waals surface area contributed by atoms with Crippen LogP contribution in [0.4, 0.5) is 0 Å². The van der Waals surface area contributed by atoms with Gasteiger partial charge in [-0.25, -0.2) is 0 Å². The Morgan fingerprint density at radius 3 is 2.33 bits per heavy atom. The number of rotatable bonds is 5. The second-order valence-corrected chi connectivity index (χ2v) is 3.85. The SMILES string of the molecule is CCC(=O)C(=Cc1cccc(C#N)c1)C(=O)CC. The Labute approximate surface area is 107 Å². The Balaban J connectivity index is 3.19. The van der Waals surface area contributed by atoms with E-state index in [1.165, 1.54) is 0 Å². The van der Waals surface area contributed by atoms with Crippen molar-refractivity contribution >= 4 is 17.6 Å². The van der Waals surface area contributed by atoms with Crippen LogP contribution in [0, 0.1) is 11.3 Å². The van der Waals surface area contributed by atoms with Crippen molar-refractivity contribution in [2.24, 2.45) is 0 Å². The highest BCUT2D eigenvalue weighted by molar-refractivity contribution is 6.23. The summed E-state index contributed by atoms with van der Waals surface area (Å²) in [6, 6.07) is 8.87. The number of ketones is 2. The molecule has 18 heavy (non-hydrogen) atoms. The van der Waals surface area contributed by atoms with Gasteiger partial charge in [-0.1, -0.05) is 26.0 Å². The van der Waals surface area contributed by atoms with Crippen LogP contribution in [0.1, 0.15) is 37.8 Å². The Hall–Kier alpha value is -2.21. The molecule has 0 bridgehead atoms. The van der Waals surface area contributed by atoms with E-state index in [1.807, 2.05) is 6.07 Å². The zero-order valence-corrected chi connectivity index (χ0v) is 10.6. The van der Waals surface area contributed by atoms with E-state index in [4.69, 9.17) is 5.26 Å². The monoisotopic (exact) mass is 241 g/mol. The van der Waals surface area contributed by atoms with Gasteiger partial charge in [0.05, 0.1) is 17.2 Å². The third-order valence-corrected chi connectivity index (χ3v) is 2.57. The maximum atomic E-state index is 11.7. The molecule has 1 aromatic rings. The number of carbonyl (C=O) groups excluding carboxylic acids is 2. The number of hydrogen-bond acceptors (Lipinski definition) is 3. The third kappa shape index (κ3) is 3.39. The molecule has 0 fully saturated rings. The van der Waals surface area contributed by atoms with Crippen LogP contribution in [-0.4, -0.2) is 11.6 Å². The summed E-state index contributed by atoms with van der Waals surface area (Å²) in [6.45, 7) is 3.45. The van der Waals surface area contributed by atoms with E-state index < -0.39 is 0 Å². The predicted octanol–water partition coefficient (Wildman–Crippen LogP) is 2.90. The topological polar surface area (TPSA) is 57.9 Å². The van der Waals surface area contributed by atoms with Gasteiger partial charge in [-0.3, -0.25) is 9.59 Å². The fraction of sp³-hybridized carbons (Fsp3) is 0.267. The molecule has 0 radical (unpaired) electrons. The summed E-state index contributed by atoms with van der Waals surface area (Å²) in [5, 5.41) is 8.80. The number of hydrogen-bond donors (Lipinski definition) is 0. The average molecular weight is 241 g/mol. The highest BCUT2D eigenvalue weighted by Gasteiger charge is 2.14. The first kappa shape index (κ1) is 13.9. The van der Waals surface area contributed by atoms with Gasteiger partial charge in [-0.05, 0) is 23.8 Å². The first-order valence-corrected chi connectivity index (χ1v) is 5.90. The van der Waals surface area contributed by atoms with E-state index in [0.29, 0.717) is 24.0 Å². The molecule has 0 N–H and O–H groups in total. The van der Waals surface area contributed by atoms with E-state index in [9.17, 15) is 9.59 Å². The molecule has 1 rings (SSSR count). The van der Waals surface area contributed by atoms with Crippen LogP contribution < -0.4 is 0 Å². The van der Waals surface area contributed by atoms with Crippen LogP contribution >= 0.6 is 0 Å². The number of carbonyl (C=O) groups is 2. The third-order valence-electron chi connectivity index (χ3n) is 2.57. The average Bonchev–Trinajstić information content (AvgIpc) is 2.43. The van der Waals surface area contributed by atoms with Crippen molar-refractivity contribution in [2.45, 2.75) is 26.7 Å². The fourth-order valence-electron chi connectivity index (χ4n) is 1.56. The number of nitriles is 1. The number of nitrogens with zero attached hydrogens (tertiary/aromatic N) is 1. The van der Waals surface area contributed by atoms with Crippen LogP contribution in [-0.2, 0) is 9.59 Å². The van der Waals surface area contributed by atoms with E-state index in [0.717, 1.165) is 0 Å². The van der Waals surface area contributed by atoms with E-state index >= 15 is 0 Å². The highest BCUT2D eigenvalue weighted by Crippen LogP contribution is 2.13. The molecule has 0 atom stereocenters. The largest absolute Gasteiger partial charge is 0.294 e. The predicted molar refractivity (Wildman–Crippen MR) is 69.7 cm³/mol. The molecule has 0 aliphatic carbocycles. The smallest absolute Gasteiger partial charge is 0.166 e. The summed E-state index contributed by atoms with van der Waals surface area (Å²) in [5.41, 5.74) is 1.43. The number of Topliss-reactive ketones (excluding diaryl/α,β-unsaturated/α-hetero) is 2. The maximum absolute atomic E-state index is 11.7. The van der Waals surface area contributed by atoms with Crippen molar-refractivity contribution in [3.63, 3.8) is 0 Å². The first-order valence-electron chi connectivity index (χ1n) is 5.90. The van der Waals surface area contributed by atoms with Gasteiger partial charge in [-0.15, -0.1) is 0 Å². The normalized spacial score (nSPS) is 9.39. The Kier molecular flexibility index (Phi) is 5.01. The fourth-order valence-corrected chi connectivity index (χ4v) is 1.56. The zero-order valence-electron chi connectivity index (χ0n) is 10.6. The van der Waals surface area contributed by atoms with Gasteiger partial charge >= 0.3 is 0 Å². The molecule has 0 aliphatic heterocycles. The summed E-state index contributed by atoms with van der Waals surface area (Å²) in [5.74, 6) is -0.326. The van der Waals surface area contributed by atoms with E-state index in [-0.39, 0.29) is 17.1 Å². The van der Waals surface area contributed by atoms with Crippen LogP contribution in [0.5, 0.6) is 0 Å². The molecular weight excluding hydrogens is 226 g/mol. The summed E-state index contributed by atoms with van der Waals surface area (Å²) in [4.78, 5) is 23.4. The lowest BCUT2D eigenvalue weighted by Crippen LogP contribution is -2.10. The molecule has 3 nitrogen and oxygen atoms in total. The molecule has 0 amide bonds. The Morgan fingerprint density at radius 2 is 1.83 bits per heavy atom. The lowest BCUT2D eigenvalue weighted by Gasteiger charge is -2.03. The highest BCUT2D eigenvalue weighted by atomic mass is 16.1. The van der Waals surface area contributed by atoms with Gasteiger partial charge in [0.25, 0.3) is 0 Å². The standard InChI is InChI=1S/C15H15NO2/c1-3-14(17)13(15(18)4-2)9-11-6-5-7-12(8-11)10-16/h5-9H,3-4H2,1-2H3. The van der Waals surface area contributed by atoms with Gasteiger partial charge in [0.1, 0.15) is 0 Å². The summed E-state index contributed by atoms with van der Waals surface area (Å²) in [7, 11) is 0. The quantitative estimate of drug-likeness (QED) is 0.452. The second kappa shape index (κ2) is 6.51. The van der Waals surface area contributed by atoms with Gasteiger partial charge in [0, 0.05) is 12.8 Å². The minimum atomic E-state index is -0.163. The van der Waals surface area contributed by atoms with Gasteiger partial charge in [-0.2, -0.15) is 5.26 Å². The van der Waals surface area contributed by atoms with Crippen molar-refractivity contribution in [3.05, 3.63) is 41.0 Å². The van der Waals surface area contributed by atoms with Crippen LogP contribution in [0.15, 0.2) is 29.8 Å². The lowest BCUT2D eigenvalue weighted by atomic mass is 9.99. The van der Waals surface area contributed by atoms with Crippen molar-refractivity contribution in [2.75, 3.05) is 0 Å². The minimum absolute atomic E-state index is 0.163. The summed E-state index contributed by atoms with van der Waals surface area (Å²) >= 11 is 0. The molecular formula is C15H15NO2. The van der Waals surface area contributed by atoms with Gasteiger partial charge in [0.2, 0.25) is 0 Å². The number of allylic oxidation sites excluding steroid dienone is 1. The molecule has 1 aromatic carbocycles. The van der Waals surface area contributed by atoms with E-state index in [1.54, 1.807) is 44.2 Å². The second-order valence-electron chi connectivity index (χ2n) is 3.85. The van der Waals surface area contributed by atoms with Crippen LogP contribution in [0.3, 0.4) is 0 Å². The Morgan fingerprint density at radius 1 is 1.22 bits per heavy atom. The Bertz CT molecular complexity index is 518. The van der Waals surface area contributed by atoms with Crippen LogP contribution in [0.2, 0.25) is 0 Å². The van der Waals surface area contributed by atoms with Crippen molar-refractivity contribution < 1.29 is 9.59 Å². The first-order chi connectivity index (χ1) is 8.62. The van der Waals surface area contributed by atoms with Crippen molar-refractivity contribution in [1.29, 1.82) is 5.26 Å². The van der Waals surface area contributed by atoms with E-state index in [2.05, 4.69) is 0 Å². The van der Waals surface area contributed by atoms with Gasteiger partial charge < -0.3 is 0 Å². The van der Waals surface area contributed by atoms with Crippen LogP contribution in [0.25, 0.3) is 6.08 Å². The molecule has 0 spiro atoms. The molecule has 0 unspecified atom stereocenters. The molecule has 0 aromatic heterocycles. The zero-order chi connectivity index (χ0) is 13.5. The van der Waals surface area contributed by atoms with Crippen molar-refractivity contribution in [1.82, 2.24) is 0 Å². The minimum Gasteiger partial charge on any atom is -0.294 e. The maximum Gasteiger partial charge on any atom is 0.166 e. The molecule has 0 aliphatic rings. The molecule has 92 valence electrons. The summed E-state index contributed by atoms with van der Waals surface area (Å²) in [6.07, 6.45) is 2.17. The molecule has 3 heteroatoms.